The van der Waals surface area contributed by atoms with E-state index in [9.17, 15) is 9.59 Å². The molecule has 0 radical (unpaired) electrons. The first-order chi connectivity index (χ1) is 18.1. The third-order valence-electron chi connectivity index (χ3n) is 7.97. The molecular weight excluding hydrogens is 460 g/mol. The highest BCUT2D eigenvalue weighted by Gasteiger charge is 2.32. The molecular formula is C32H36N2O3. The summed E-state index contributed by atoms with van der Waals surface area (Å²) in [6, 6.07) is 26.3. The van der Waals surface area contributed by atoms with Gasteiger partial charge in [-0.15, -0.1) is 0 Å². The van der Waals surface area contributed by atoms with E-state index < -0.39 is 0 Å². The molecule has 3 aromatic rings. The Morgan fingerprint density at radius 2 is 1.38 bits per heavy atom. The number of carbonyl (C=O) groups is 2. The molecule has 3 aromatic carbocycles. The van der Waals surface area contributed by atoms with Crippen LogP contribution in [0.4, 0.5) is 0 Å². The maximum absolute atomic E-state index is 13.2. The lowest BCUT2D eigenvalue weighted by atomic mass is 9.88. The number of ether oxygens (including phenoxy) is 1. The van der Waals surface area contributed by atoms with E-state index in [0.29, 0.717) is 24.6 Å². The van der Waals surface area contributed by atoms with Crippen molar-refractivity contribution in [1.29, 1.82) is 0 Å². The van der Waals surface area contributed by atoms with Gasteiger partial charge < -0.3 is 14.5 Å². The fourth-order valence-electron chi connectivity index (χ4n) is 5.75. The van der Waals surface area contributed by atoms with Gasteiger partial charge in [-0.05, 0) is 67.3 Å². The average molecular weight is 497 g/mol. The summed E-state index contributed by atoms with van der Waals surface area (Å²) >= 11 is 0. The molecule has 2 saturated heterocycles. The number of para-hydroxylation sites is 1. The van der Waals surface area contributed by atoms with E-state index in [0.717, 1.165) is 62.1 Å². The molecule has 0 spiro atoms. The van der Waals surface area contributed by atoms with Crippen molar-refractivity contribution in [3.63, 3.8) is 0 Å². The fourth-order valence-corrected chi connectivity index (χ4v) is 5.75. The first-order valence-corrected chi connectivity index (χ1v) is 13.5. The highest BCUT2D eigenvalue weighted by molar-refractivity contribution is 5.95. The molecule has 2 heterocycles. The van der Waals surface area contributed by atoms with Crippen molar-refractivity contribution in [2.75, 3.05) is 33.3 Å². The van der Waals surface area contributed by atoms with Gasteiger partial charge in [0, 0.05) is 43.2 Å². The van der Waals surface area contributed by atoms with Crippen molar-refractivity contribution >= 4 is 11.8 Å². The molecule has 2 aliphatic heterocycles. The minimum Gasteiger partial charge on any atom is -0.496 e. The van der Waals surface area contributed by atoms with E-state index in [1.165, 1.54) is 5.56 Å². The molecule has 0 saturated carbocycles. The van der Waals surface area contributed by atoms with E-state index >= 15 is 0 Å². The Balaban J connectivity index is 1.11. The van der Waals surface area contributed by atoms with Crippen LogP contribution >= 0.6 is 0 Å². The number of likely N-dealkylation sites (tertiary alicyclic amines) is 2. The zero-order valence-corrected chi connectivity index (χ0v) is 21.6. The minimum absolute atomic E-state index is 0.0302. The van der Waals surface area contributed by atoms with Crippen molar-refractivity contribution in [3.8, 4) is 16.9 Å². The molecule has 0 atom stereocenters. The number of hydrogen-bond acceptors (Lipinski definition) is 3. The van der Waals surface area contributed by atoms with E-state index in [4.69, 9.17) is 4.74 Å². The third kappa shape index (κ3) is 5.87. The predicted octanol–water partition coefficient (Wildman–Crippen LogP) is 5.70. The molecule has 37 heavy (non-hydrogen) atoms. The Bertz CT molecular complexity index is 1190. The largest absolute Gasteiger partial charge is 0.496 e. The Morgan fingerprint density at radius 3 is 2.05 bits per heavy atom. The number of nitrogens with zero attached hydrogens (tertiary/aromatic N) is 2. The SMILES string of the molecule is COc1ccccc1-c1ccc(C(=O)N2CCC(C(=O)N3CCC(Cc4ccccc4)CC3)CC2)cc1. The van der Waals surface area contributed by atoms with Gasteiger partial charge >= 0.3 is 0 Å². The maximum Gasteiger partial charge on any atom is 0.253 e. The van der Waals surface area contributed by atoms with E-state index in [-0.39, 0.29) is 17.7 Å². The summed E-state index contributed by atoms with van der Waals surface area (Å²) in [7, 11) is 1.67. The number of methoxy groups -OCH3 is 1. The van der Waals surface area contributed by atoms with Gasteiger partial charge in [0.15, 0.2) is 0 Å². The highest BCUT2D eigenvalue weighted by atomic mass is 16.5. The highest BCUT2D eigenvalue weighted by Crippen LogP contribution is 2.30. The van der Waals surface area contributed by atoms with Gasteiger partial charge in [0.25, 0.3) is 5.91 Å². The quantitative estimate of drug-likeness (QED) is 0.440. The lowest BCUT2D eigenvalue weighted by molar-refractivity contribution is -0.138. The van der Waals surface area contributed by atoms with Crippen molar-refractivity contribution in [3.05, 3.63) is 90.0 Å². The molecule has 2 fully saturated rings. The molecule has 0 unspecified atom stereocenters. The van der Waals surface area contributed by atoms with Crippen LogP contribution in [0.1, 0.15) is 41.6 Å². The van der Waals surface area contributed by atoms with E-state index in [1.54, 1.807) is 7.11 Å². The molecule has 0 aromatic heterocycles. The van der Waals surface area contributed by atoms with Gasteiger partial charge in [0.1, 0.15) is 5.75 Å². The average Bonchev–Trinajstić information content (AvgIpc) is 2.97. The number of rotatable bonds is 6. The Hall–Kier alpha value is -3.60. The maximum atomic E-state index is 13.2. The van der Waals surface area contributed by atoms with Crippen molar-refractivity contribution in [1.82, 2.24) is 9.80 Å². The van der Waals surface area contributed by atoms with Gasteiger partial charge in [0.2, 0.25) is 5.91 Å². The van der Waals surface area contributed by atoms with Gasteiger partial charge in [-0.25, -0.2) is 0 Å². The molecule has 0 aliphatic carbocycles. The second kappa shape index (κ2) is 11.6. The van der Waals surface area contributed by atoms with Crippen LogP contribution < -0.4 is 4.74 Å². The summed E-state index contributed by atoms with van der Waals surface area (Å²) in [6.07, 6.45) is 4.73. The van der Waals surface area contributed by atoms with Crippen LogP contribution in [0.2, 0.25) is 0 Å². The van der Waals surface area contributed by atoms with Crippen molar-refractivity contribution in [2.45, 2.75) is 32.1 Å². The number of piperidine rings is 2. The van der Waals surface area contributed by atoms with E-state index in [1.807, 2.05) is 53.4 Å². The first kappa shape index (κ1) is 25.1. The van der Waals surface area contributed by atoms with Crippen molar-refractivity contribution in [2.24, 2.45) is 11.8 Å². The molecule has 5 rings (SSSR count). The third-order valence-corrected chi connectivity index (χ3v) is 7.97. The molecule has 0 bridgehead atoms. The summed E-state index contributed by atoms with van der Waals surface area (Å²) in [4.78, 5) is 30.3. The first-order valence-electron chi connectivity index (χ1n) is 13.5. The van der Waals surface area contributed by atoms with Crippen LogP contribution in [0.15, 0.2) is 78.9 Å². The van der Waals surface area contributed by atoms with Gasteiger partial charge in [-0.1, -0.05) is 60.7 Å². The number of amides is 2. The number of benzene rings is 3. The summed E-state index contributed by atoms with van der Waals surface area (Å²) in [5.41, 5.74) is 4.10. The van der Waals surface area contributed by atoms with Gasteiger partial charge in [-0.2, -0.15) is 0 Å². The Labute approximate surface area is 220 Å². The smallest absolute Gasteiger partial charge is 0.253 e. The zero-order valence-electron chi connectivity index (χ0n) is 21.6. The molecule has 2 amide bonds. The van der Waals surface area contributed by atoms with Gasteiger partial charge in [-0.3, -0.25) is 9.59 Å². The molecule has 0 N–H and O–H groups in total. The molecule has 5 heteroatoms. The molecule has 192 valence electrons. The van der Waals surface area contributed by atoms with Crippen LogP contribution in [-0.2, 0) is 11.2 Å². The topological polar surface area (TPSA) is 49.9 Å². The van der Waals surface area contributed by atoms with E-state index in [2.05, 4.69) is 35.2 Å². The minimum atomic E-state index is 0.0302. The van der Waals surface area contributed by atoms with Crippen molar-refractivity contribution < 1.29 is 14.3 Å². The van der Waals surface area contributed by atoms with Crippen LogP contribution in [-0.4, -0.2) is 54.9 Å². The summed E-state index contributed by atoms with van der Waals surface area (Å²) in [5.74, 6) is 1.82. The molecule has 5 nitrogen and oxygen atoms in total. The normalized spacial score (nSPS) is 17.0. The second-order valence-corrected chi connectivity index (χ2v) is 10.3. The fraction of sp³-hybridized carbons (Fsp3) is 0.375. The summed E-state index contributed by atoms with van der Waals surface area (Å²) in [5, 5.41) is 0. The standard InChI is InChI=1S/C32H36N2O3/c1-37-30-10-6-5-9-29(30)26-11-13-27(14-12-26)31(35)34-21-17-28(18-22-34)32(36)33-19-15-25(16-20-33)23-24-7-3-2-4-8-24/h2-14,25,28H,15-23H2,1H3. The number of carbonyl (C=O) groups excluding carboxylic acids is 2. The lowest BCUT2D eigenvalue weighted by Crippen LogP contribution is -2.46. The van der Waals surface area contributed by atoms with Crippen LogP contribution in [0, 0.1) is 11.8 Å². The summed E-state index contributed by atoms with van der Waals surface area (Å²) in [6.45, 7) is 2.98. The lowest BCUT2D eigenvalue weighted by Gasteiger charge is -2.37. The number of hydrogen-bond donors (Lipinski definition) is 0. The zero-order chi connectivity index (χ0) is 25.6. The van der Waals surface area contributed by atoms with Crippen LogP contribution in [0.25, 0.3) is 11.1 Å². The van der Waals surface area contributed by atoms with Crippen LogP contribution in [0.3, 0.4) is 0 Å². The van der Waals surface area contributed by atoms with Crippen LogP contribution in [0.5, 0.6) is 5.75 Å². The monoisotopic (exact) mass is 496 g/mol. The second-order valence-electron chi connectivity index (χ2n) is 10.3. The predicted molar refractivity (Wildman–Crippen MR) is 147 cm³/mol. The Kier molecular flexibility index (Phi) is 7.88. The molecule has 2 aliphatic rings. The summed E-state index contributed by atoms with van der Waals surface area (Å²) < 4.78 is 5.47. The Morgan fingerprint density at radius 1 is 0.757 bits per heavy atom. The van der Waals surface area contributed by atoms with Gasteiger partial charge in [0.05, 0.1) is 7.11 Å².